The summed E-state index contributed by atoms with van der Waals surface area (Å²) in [5, 5.41) is 3.60. The summed E-state index contributed by atoms with van der Waals surface area (Å²) in [5.41, 5.74) is 1.29. The molecule has 6 unspecified atom stereocenters. The van der Waals surface area contributed by atoms with Crippen molar-refractivity contribution in [3.8, 4) is 0 Å². The fourth-order valence-corrected chi connectivity index (χ4v) is 9.31. The molecule has 4 saturated carbocycles. The maximum atomic E-state index is 3.60. The van der Waals surface area contributed by atoms with E-state index in [1.165, 1.54) is 64.7 Å². The molecule has 5 fully saturated rings. The van der Waals surface area contributed by atoms with Crippen LogP contribution in [0.25, 0.3) is 0 Å². The van der Waals surface area contributed by atoms with Crippen LogP contribution in [0.3, 0.4) is 0 Å². The van der Waals surface area contributed by atoms with E-state index in [-0.39, 0.29) is 0 Å². The van der Waals surface area contributed by atoms with Crippen LogP contribution in [0, 0.1) is 40.4 Å². The molecule has 5 rings (SSSR count). The van der Waals surface area contributed by atoms with Gasteiger partial charge in [0, 0.05) is 32.2 Å². The van der Waals surface area contributed by atoms with Gasteiger partial charge in [0.15, 0.2) is 0 Å². The fraction of sp³-hybridized carbons (Fsp3) is 1.00. The molecule has 26 heavy (non-hydrogen) atoms. The average molecular weight is 359 g/mol. The van der Waals surface area contributed by atoms with Crippen LogP contribution < -0.4 is 5.32 Å². The van der Waals surface area contributed by atoms with E-state index >= 15 is 0 Å². The molecule has 1 N–H and O–H groups in total. The van der Waals surface area contributed by atoms with Crippen LogP contribution in [0.4, 0.5) is 0 Å². The van der Waals surface area contributed by atoms with E-state index in [2.05, 4.69) is 31.0 Å². The Morgan fingerprint density at radius 3 is 2.42 bits per heavy atom. The molecule has 1 heterocycles. The predicted molar refractivity (Wildman–Crippen MR) is 109 cm³/mol. The van der Waals surface area contributed by atoms with E-state index in [1.54, 1.807) is 19.3 Å². The Bertz CT molecular complexity index is 526. The van der Waals surface area contributed by atoms with Gasteiger partial charge in [0.05, 0.1) is 0 Å². The number of nitrogens with zero attached hydrogens (tertiary/aromatic N) is 1. The molecule has 5 aliphatic rings. The highest BCUT2D eigenvalue weighted by molar-refractivity contribution is 5.11. The van der Waals surface area contributed by atoms with Crippen LogP contribution in [0.15, 0.2) is 0 Å². The van der Waals surface area contributed by atoms with E-state index in [9.17, 15) is 0 Å². The van der Waals surface area contributed by atoms with Crippen molar-refractivity contribution < 1.29 is 0 Å². The maximum Gasteiger partial charge on any atom is 0.0156 e. The highest BCUT2D eigenvalue weighted by atomic mass is 15.2. The third-order valence-electron chi connectivity index (χ3n) is 10.5. The number of nitrogens with one attached hydrogen (secondary N) is 1. The molecule has 1 saturated heterocycles. The minimum absolute atomic E-state index is 0.585. The van der Waals surface area contributed by atoms with E-state index in [0.29, 0.717) is 10.8 Å². The molecule has 0 amide bonds. The number of hydrogen-bond donors (Lipinski definition) is 1. The molecule has 0 bridgehead atoms. The Balaban J connectivity index is 1.49. The summed E-state index contributed by atoms with van der Waals surface area (Å²) >= 11 is 0. The zero-order chi connectivity index (χ0) is 17.9. The normalized spacial score (nSPS) is 55.0. The van der Waals surface area contributed by atoms with Gasteiger partial charge >= 0.3 is 0 Å². The van der Waals surface area contributed by atoms with Crippen LogP contribution in [0.1, 0.15) is 78.6 Å². The average Bonchev–Trinajstić information content (AvgIpc) is 3.04. The second-order valence-electron chi connectivity index (χ2n) is 11.4. The Morgan fingerprint density at radius 1 is 0.808 bits per heavy atom. The Morgan fingerprint density at radius 2 is 1.62 bits per heavy atom. The largest absolute Gasteiger partial charge is 0.314 e. The smallest absolute Gasteiger partial charge is 0.0156 e. The highest BCUT2D eigenvalue weighted by Crippen LogP contribution is 2.67. The van der Waals surface area contributed by atoms with E-state index in [4.69, 9.17) is 0 Å². The molecule has 148 valence electrons. The summed E-state index contributed by atoms with van der Waals surface area (Å²) in [6.07, 6.45) is 13.7. The zero-order valence-electron chi connectivity index (χ0n) is 17.6. The van der Waals surface area contributed by atoms with Crippen molar-refractivity contribution in [3.63, 3.8) is 0 Å². The lowest BCUT2D eigenvalue weighted by Gasteiger charge is -2.65. The molecule has 1 aliphatic heterocycles. The first-order chi connectivity index (χ1) is 12.5. The predicted octanol–water partition coefficient (Wildman–Crippen LogP) is 4.94. The fourth-order valence-electron chi connectivity index (χ4n) is 9.31. The lowest BCUT2D eigenvalue weighted by molar-refractivity contribution is -0.158. The van der Waals surface area contributed by atoms with E-state index < -0.39 is 0 Å². The van der Waals surface area contributed by atoms with E-state index in [0.717, 1.165) is 35.6 Å². The summed E-state index contributed by atoms with van der Waals surface area (Å²) in [4.78, 5) is 2.93. The van der Waals surface area contributed by atoms with Crippen LogP contribution >= 0.6 is 0 Å². The van der Waals surface area contributed by atoms with Crippen molar-refractivity contribution in [2.24, 2.45) is 40.4 Å². The summed E-state index contributed by atoms with van der Waals surface area (Å²) < 4.78 is 0. The van der Waals surface area contributed by atoms with Gasteiger partial charge in [-0.15, -0.1) is 0 Å². The molecule has 0 spiro atoms. The van der Waals surface area contributed by atoms with Crippen molar-refractivity contribution >= 4 is 0 Å². The van der Waals surface area contributed by atoms with Gasteiger partial charge < -0.3 is 5.32 Å². The monoisotopic (exact) mass is 358 g/mol. The van der Waals surface area contributed by atoms with Gasteiger partial charge in [0.25, 0.3) is 0 Å². The van der Waals surface area contributed by atoms with Crippen LogP contribution in [0.2, 0.25) is 0 Å². The molecule has 0 aromatic rings. The molecule has 0 aromatic carbocycles. The van der Waals surface area contributed by atoms with Crippen molar-refractivity contribution in [2.45, 2.75) is 84.6 Å². The second kappa shape index (κ2) is 6.48. The van der Waals surface area contributed by atoms with Gasteiger partial charge in [-0.1, -0.05) is 27.2 Å². The van der Waals surface area contributed by atoms with Gasteiger partial charge in [-0.25, -0.2) is 0 Å². The Labute approximate surface area is 161 Å². The van der Waals surface area contributed by atoms with Crippen LogP contribution in [-0.2, 0) is 0 Å². The maximum absolute atomic E-state index is 3.60. The molecule has 2 heteroatoms. The van der Waals surface area contributed by atoms with Crippen molar-refractivity contribution in [1.82, 2.24) is 10.2 Å². The lowest BCUT2D eigenvalue weighted by atomic mass is 9.42. The van der Waals surface area contributed by atoms with Crippen LogP contribution in [0.5, 0.6) is 0 Å². The lowest BCUT2D eigenvalue weighted by Crippen LogP contribution is -2.64. The summed E-state index contributed by atoms with van der Waals surface area (Å²) in [5.74, 6) is 5.06. The molecule has 0 radical (unpaired) electrons. The van der Waals surface area contributed by atoms with Gasteiger partial charge in [0.1, 0.15) is 0 Å². The molecule has 8 atom stereocenters. The Kier molecular flexibility index (Phi) is 4.48. The Hall–Kier alpha value is -0.0800. The first-order valence-electron chi connectivity index (χ1n) is 12.0. The topological polar surface area (TPSA) is 15.3 Å². The van der Waals surface area contributed by atoms with Crippen molar-refractivity contribution in [2.75, 3.05) is 26.2 Å². The zero-order valence-corrected chi connectivity index (χ0v) is 17.6. The van der Waals surface area contributed by atoms with Gasteiger partial charge in [-0.2, -0.15) is 0 Å². The first kappa shape index (κ1) is 18.0. The molecular formula is C24H42N2. The first-order valence-corrected chi connectivity index (χ1v) is 12.0. The highest BCUT2D eigenvalue weighted by Gasteiger charge is 2.61. The molecular weight excluding hydrogens is 316 g/mol. The summed E-state index contributed by atoms with van der Waals surface area (Å²) in [6.45, 7) is 13.0. The second-order valence-corrected chi connectivity index (χ2v) is 11.4. The minimum Gasteiger partial charge on any atom is -0.314 e. The summed E-state index contributed by atoms with van der Waals surface area (Å²) in [7, 11) is 0. The van der Waals surface area contributed by atoms with Crippen molar-refractivity contribution in [3.05, 3.63) is 0 Å². The molecule has 4 aliphatic carbocycles. The van der Waals surface area contributed by atoms with E-state index in [1.807, 2.05) is 0 Å². The number of rotatable bonds is 1. The third kappa shape index (κ3) is 2.50. The van der Waals surface area contributed by atoms with Crippen molar-refractivity contribution in [1.29, 1.82) is 0 Å². The number of piperazine rings is 1. The number of hydrogen-bond acceptors (Lipinski definition) is 2. The quantitative estimate of drug-likeness (QED) is 0.714. The molecule has 2 nitrogen and oxygen atoms in total. The number of fused-ring (bicyclic) bond motifs is 5. The SMILES string of the molecule is CC1CCC(N2CCNCC2)[C@@]2(C)C1CCC1C3CCC[C@@]3(C)CCC12. The van der Waals surface area contributed by atoms with Gasteiger partial charge in [-0.05, 0) is 91.8 Å². The molecule has 0 aromatic heterocycles. The van der Waals surface area contributed by atoms with Gasteiger partial charge in [-0.3, -0.25) is 4.90 Å². The van der Waals surface area contributed by atoms with Crippen LogP contribution in [-0.4, -0.2) is 37.1 Å². The standard InChI is InChI=1S/C24H42N2/c1-17-6-9-22(26-15-13-25-14-16-26)24(3)19(17)8-7-18-20-5-4-11-23(20,2)12-10-21(18)24/h17-22,25H,4-16H2,1-3H3/t17?,18?,19?,20?,21?,22?,23-,24-/m0/s1. The summed E-state index contributed by atoms with van der Waals surface area (Å²) in [6, 6.07) is 0.865. The third-order valence-corrected chi connectivity index (χ3v) is 10.5. The minimum atomic E-state index is 0.585. The van der Waals surface area contributed by atoms with Gasteiger partial charge in [0.2, 0.25) is 0 Å².